The molecule has 1 rings (SSSR count). The molecule has 0 aromatic carbocycles. The Hall–Kier alpha value is -0.650. The largest absolute Gasteiger partial charge is 0.303 e. The van der Waals surface area contributed by atoms with Gasteiger partial charge in [-0.1, -0.05) is 6.92 Å². The zero-order chi connectivity index (χ0) is 12.1. The number of likely N-dealkylation sites (tertiary alicyclic amines) is 1. The van der Waals surface area contributed by atoms with Crippen LogP contribution >= 0.6 is 0 Å². The molecule has 0 radical (unpaired) electrons. The van der Waals surface area contributed by atoms with Crippen molar-refractivity contribution >= 4 is 5.91 Å². The minimum atomic E-state index is -0.150. The molecule has 5 nitrogen and oxygen atoms in total. The zero-order valence-electron chi connectivity index (χ0n) is 10.6. The second-order valence-corrected chi connectivity index (χ2v) is 4.52. The van der Waals surface area contributed by atoms with Crippen molar-refractivity contribution in [3.05, 3.63) is 0 Å². The van der Waals surface area contributed by atoms with Crippen molar-refractivity contribution in [2.75, 3.05) is 26.7 Å². The van der Waals surface area contributed by atoms with Gasteiger partial charge in [-0.2, -0.15) is 0 Å². The fourth-order valence-electron chi connectivity index (χ4n) is 2.26. The van der Waals surface area contributed by atoms with Gasteiger partial charge in [-0.05, 0) is 46.4 Å². The molecule has 0 aromatic heterocycles. The molecule has 0 bridgehead atoms. The number of likely N-dealkylation sites (N-methyl/N-ethyl adjacent to an activating group) is 1. The molecule has 1 aliphatic heterocycles. The molecule has 1 heterocycles. The average Bonchev–Trinajstić information content (AvgIpc) is 2.36. The van der Waals surface area contributed by atoms with Crippen LogP contribution in [0.4, 0.5) is 0 Å². The highest BCUT2D eigenvalue weighted by Gasteiger charge is 2.27. The second kappa shape index (κ2) is 6.18. The first-order valence-electron chi connectivity index (χ1n) is 6.04. The van der Waals surface area contributed by atoms with Gasteiger partial charge in [0.15, 0.2) is 0 Å². The van der Waals surface area contributed by atoms with Crippen molar-refractivity contribution in [1.29, 1.82) is 0 Å². The molecular formula is C11H24N4O. The van der Waals surface area contributed by atoms with Gasteiger partial charge < -0.3 is 4.90 Å². The number of carbonyl (C=O) groups excluding carboxylic acids is 1. The number of rotatable bonds is 4. The van der Waals surface area contributed by atoms with Gasteiger partial charge in [0.05, 0.1) is 6.04 Å². The van der Waals surface area contributed by atoms with Gasteiger partial charge >= 0.3 is 0 Å². The first-order valence-corrected chi connectivity index (χ1v) is 6.04. The van der Waals surface area contributed by atoms with Crippen LogP contribution in [-0.4, -0.2) is 54.5 Å². The van der Waals surface area contributed by atoms with E-state index in [1.807, 2.05) is 14.0 Å². The topological polar surface area (TPSA) is 61.6 Å². The van der Waals surface area contributed by atoms with Crippen LogP contribution in [0.25, 0.3) is 0 Å². The quantitative estimate of drug-likeness (QED) is 0.397. The van der Waals surface area contributed by atoms with Gasteiger partial charge in [0.1, 0.15) is 0 Å². The number of nitrogens with two attached hydrogens (primary N) is 1. The Labute approximate surface area is 97.9 Å². The van der Waals surface area contributed by atoms with Crippen LogP contribution in [0.5, 0.6) is 0 Å². The number of piperidine rings is 1. The number of hydrazine groups is 1. The first kappa shape index (κ1) is 13.4. The van der Waals surface area contributed by atoms with Gasteiger partial charge in [0.2, 0.25) is 0 Å². The summed E-state index contributed by atoms with van der Waals surface area (Å²) in [7, 11) is 2.01. The van der Waals surface area contributed by atoms with E-state index in [-0.39, 0.29) is 11.9 Å². The van der Waals surface area contributed by atoms with E-state index < -0.39 is 0 Å². The summed E-state index contributed by atoms with van der Waals surface area (Å²) in [6.07, 6.45) is 2.26. The van der Waals surface area contributed by atoms with Crippen molar-refractivity contribution in [2.24, 2.45) is 5.84 Å². The van der Waals surface area contributed by atoms with E-state index in [1.165, 1.54) is 0 Å². The minimum Gasteiger partial charge on any atom is -0.303 e. The number of amides is 1. The molecule has 0 aliphatic carbocycles. The average molecular weight is 228 g/mol. The van der Waals surface area contributed by atoms with Crippen molar-refractivity contribution < 1.29 is 4.79 Å². The molecule has 94 valence electrons. The molecule has 1 fully saturated rings. The van der Waals surface area contributed by atoms with Gasteiger partial charge in [0.25, 0.3) is 5.91 Å². The van der Waals surface area contributed by atoms with E-state index in [0.717, 1.165) is 32.5 Å². The molecule has 1 aliphatic rings. The van der Waals surface area contributed by atoms with Gasteiger partial charge in [-0.15, -0.1) is 0 Å². The Bertz CT molecular complexity index is 226. The van der Waals surface area contributed by atoms with Gasteiger partial charge in [-0.25, -0.2) is 5.84 Å². The SMILES string of the molecule is CCN1CCC(N(C)C(C)C(=O)NN)CC1. The van der Waals surface area contributed by atoms with Crippen LogP contribution in [-0.2, 0) is 4.79 Å². The summed E-state index contributed by atoms with van der Waals surface area (Å²) in [6, 6.07) is 0.346. The summed E-state index contributed by atoms with van der Waals surface area (Å²) in [5, 5.41) is 0. The van der Waals surface area contributed by atoms with E-state index >= 15 is 0 Å². The highest BCUT2D eigenvalue weighted by molar-refractivity contribution is 5.80. The zero-order valence-corrected chi connectivity index (χ0v) is 10.6. The third-order valence-corrected chi connectivity index (χ3v) is 3.71. The summed E-state index contributed by atoms with van der Waals surface area (Å²) < 4.78 is 0. The lowest BCUT2D eigenvalue weighted by Gasteiger charge is -2.38. The van der Waals surface area contributed by atoms with Crippen molar-refractivity contribution in [3.8, 4) is 0 Å². The first-order chi connectivity index (χ1) is 7.60. The lowest BCUT2D eigenvalue weighted by Crippen LogP contribution is -2.52. The summed E-state index contributed by atoms with van der Waals surface area (Å²) in [4.78, 5) is 16.0. The lowest BCUT2D eigenvalue weighted by atomic mass is 10.0. The molecule has 5 heteroatoms. The fraction of sp³-hybridized carbons (Fsp3) is 0.909. The number of hydrogen-bond acceptors (Lipinski definition) is 4. The number of nitrogens with zero attached hydrogens (tertiary/aromatic N) is 2. The van der Waals surface area contributed by atoms with Crippen molar-refractivity contribution in [1.82, 2.24) is 15.2 Å². The van der Waals surface area contributed by atoms with Crippen LogP contribution in [0.15, 0.2) is 0 Å². The normalized spacial score (nSPS) is 21.1. The van der Waals surface area contributed by atoms with Crippen LogP contribution < -0.4 is 11.3 Å². The predicted molar refractivity (Wildman–Crippen MR) is 64.7 cm³/mol. The lowest BCUT2D eigenvalue weighted by molar-refractivity contribution is -0.126. The Morgan fingerprint density at radius 2 is 2.12 bits per heavy atom. The standard InChI is InChI=1S/C11H24N4O/c1-4-15-7-5-10(6-8-15)14(3)9(2)11(16)13-12/h9-10H,4-8,12H2,1-3H3,(H,13,16). The van der Waals surface area contributed by atoms with Crippen molar-refractivity contribution in [2.45, 2.75) is 38.8 Å². The van der Waals surface area contributed by atoms with E-state index in [4.69, 9.17) is 5.84 Å². The third kappa shape index (κ3) is 3.17. The minimum absolute atomic E-state index is 0.111. The Morgan fingerprint density at radius 1 is 1.56 bits per heavy atom. The second-order valence-electron chi connectivity index (χ2n) is 4.52. The molecule has 1 saturated heterocycles. The summed E-state index contributed by atoms with van der Waals surface area (Å²) in [6.45, 7) is 7.46. The molecule has 16 heavy (non-hydrogen) atoms. The fourth-order valence-corrected chi connectivity index (χ4v) is 2.26. The van der Waals surface area contributed by atoms with Crippen LogP contribution in [0.1, 0.15) is 26.7 Å². The maximum Gasteiger partial charge on any atom is 0.250 e. The van der Waals surface area contributed by atoms with E-state index in [9.17, 15) is 4.79 Å². The van der Waals surface area contributed by atoms with Crippen LogP contribution in [0.2, 0.25) is 0 Å². The molecule has 1 unspecified atom stereocenters. The van der Waals surface area contributed by atoms with E-state index in [0.29, 0.717) is 6.04 Å². The molecule has 3 N–H and O–H groups in total. The molecule has 0 aromatic rings. The summed E-state index contributed by atoms with van der Waals surface area (Å²) >= 11 is 0. The molecule has 0 spiro atoms. The van der Waals surface area contributed by atoms with Crippen LogP contribution in [0.3, 0.4) is 0 Å². The number of carbonyl (C=O) groups is 1. The number of nitrogens with one attached hydrogen (secondary N) is 1. The molecule has 0 saturated carbocycles. The highest BCUT2D eigenvalue weighted by Crippen LogP contribution is 2.16. The Balaban J connectivity index is 2.43. The van der Waals surface area contributed by atoms with E-state index in [2.05, 4.69) is 22.1 Å². The van der Waals surface area contributed by atoms with E-state index in [1.54, 1.807) is 0 Å². The monoisotopic (exact) mass is 228 g/mol. The highest BCUT2D eigenvalue weighted by atomic mass is 16.2. The Kier molecular flexibility index (Phi) is 5.18. The summed E-state index contributed by atoms with van der Waals surface area (Å²) in [5.41, 5.74) is 2.21. The third-order valence-electron chi connectivity index (χ3n) is 3.71. The maximum absolute atomic E-state index is 11.4. The molecule has 1 atom stereocenters. The van der Waals surface area contributed by atoms with Crippen LogP contribution in [0, 0.1) is 0 Å². The molecule has 1 amide bonds. The maximum atomic E-state index is 11.4. The van der Waals surface area contributed by atoms with Crippen molar-refractivity contribution in [3.63, 3.8) is 0 Å². The van der Waals surface area contributed by atoms with Gasteiger partial charge in [-0.3, -0.25) is 15.1 Å². The predicted octanol–water partition coefficient (Wildman–Crippen LogP) is -0.219. The Morgan fingerprint density at radius 3 is 2.56 bits per heavy atom. The summed E-state index contributed by atoms with van der Waals surface area (Å²) in [5.74, 6) is 5.04. The number of hydrogen-bond donors (Lipinski definition) is 2. The smallest absolute Gasteiger partial charge is 0.250 e. The molecular weight excluding hydrogens is 204 g/mol. The van der Waals surface area contributed by atoms with Gasteiger partial charge in [0, 0.05) is 6.04 Å².